The van der Waals surface area contributed by atoms with E-state index in [1.165, 1.54) is 16.2 Å². The van der Waals surface area contributed by atoms with Gasteiger partial charge in [-0.25, -0.2) is 0 Å². The van der Waals surface area contributed by atoms with Gasteiger partial charge in [-0.05, 0) is 37.4 Å². The van der Waals surface area contributed by atoms with Gasteiger partial charge in [0.05, 0.1) is 11.7 Å². The molecule has 0 saturated heterocycles. The molecule has 1 unspecified atom stereocenters. The van der Waals surface area contributed by atoms with Crippen LogP contribution in [0.3, 0.4) is 0 Å². The summed E-state index contributed by atoms with van der Waals surface area (Å²) in [7, 11) is 0. The standard InChI is InChI=1S/C15H21N3S/c1-4-16-15(13-10-11-17-18(13)5-2)12-8-6-7-9-14(12)19-3/h6-11,15-16H,4-5H2,1-3H3. The summed E-state index contributed by atoms with van der Waals surface area (Å²) in [5, 5.41) is 7.97. The molecule has 2 aromatic rings. The summed E-state index contributed by atoms with van der Waals surface area (Å²) < 4.78 is 2.06. The zero-order valence-electron chi connectivity index (χ0n) is 11.8. The lowest BCUT2D eigenvalue weighted by atomic mass is 10.0. The van der Waals surface area contributed by atoms with Crippen molar-refractivity contribution in [1.82, 2.24) is 15.1 Å². The summed E-state index contributed by atoms with van der Waals surface area (Å²) in [6.45, 7) is 6.09. The van der Waals surface area contributed by atoms with Crippen molar-refractivity contribution < 1.29 is 0 Å². The first-order chi connectivity index (χ1) is 9.31. The summed E-state index contributed by atoms with van der Waals surface area (Å²) in [6, 6.07) is 10.9. The van der Waals surface area contributed by atoms with E-state index in [2.05, 4.69) is 65.5 Å². The quantitative estimate of drug-likeness (QED) is 0.820. The smallest absolute Gasteiger partial charge is 0.0759 e. The molecule has 0 fully saturated rings. The van der Waals surface area contributed by atoms with Crippen molar-refractivity contribution in [3.05, 3.63) is 47.8 Å². The molecule has 0 aliphatic carbocycles. The first-order valence-electron chi connectivity index (χ1n) is 6.69. The van der Waals surface area contributed by atoms with Crippen molar-refractivity contribution in [2.24, 2.45) is 0 Å². The molecule has 0 spiro atoms. The Morgan fingerprint density at radius 2 is 2.05 bits per heavy atom. The number of aryl methyl sites for hydroxylation is 1. The second kappa shape index (κ2) is 6.78. The maximum Gasteiger partial charge on any atom is 0.0759 e. The average molecular weight is 275 g/mol. The number of hydrogen-bond acceptors (Lipinski definition) is 3. The largest absolute Gasteiger partial charge is 0.305 e. The lowest BCUT2D eigenvalue weighted by molar-refractivity contribution is 0.538. The molecule has 0 aliphatic heterocycles. The zero-order valence-corrected chi connectivity index (χ0v) is 12.6. The maximum atomic E-state index is 4.39. The van der Waals surface area contributed by atoms with Crippen LogP contribution in [0.1, 0.15) is 31.1 Å². The number of aromatic nitrogens is 2. The second-order valence-corrected chi connectivity index (χ2v) is 5.15. The van der Waals surface area contributed by atoms with E-state index in [1.807, 2.05) is 6.20 Å². The lowest BCUT2D eigenvalue weighted by Gasteiger charge is -2.21. The predicted octanol–water partition coefficient (Wildman–Crippen LogP) is 3.32. The molecule has 2 rings (SSSR count). The van der Waals surface area contributed by atoms with Gasteiger partial charge in [0.1, 0.15) is 0 Å². The summed E-state index contributed by atoms with van der Waals surface area (Å²) in [4.78, 5) is 1.32. The highest BCUT2D eigenvalue weighted by Gasteiger charge is 2.19. The number of rotatable bonds is 6. The monoisotopic (exact) mass is 275 g/mol. The van der Waals surface area contributed by atoms with E-state index >= 15 is 0 Å². The van der Waals surface area contributed by atoms with Gasteiger partial charge in [0, 0.05) is 17.6 Å². The van der Waals surface area contributed by atoms with Crippen LogP contribution in [0.15, 0.2) is 41.4 Å². The first-order valence-corrected chi connectivity index (χ1v) is 7.92. The molecular formula is C15H21N3S. The molecule has 1 heterocycles. The van der Waals surface area contributed by atoms with E-state index in [0.717, 1.165) is 13.1 Å². The maximum absolute atomic E-state index is 4.39. The molecule has 0 aliphatic rings. The first kappa shape index (κ1) is 14.2. The van der Waals surface area contributed by atoms with Crippen LogP contribution in [0, 0.1) is 0 Å². The molecule has 3 nitrogen and oxygen atoms in total. The van der Waals surface area contributed by atoms with Gasteiger partial charge in [0.25, 0.3) is 0 Å². The number of hydrogen-bond donors (Lipinski definition) is 1. The highest BCUT2D eigenvalue weighted by molar-refractivity contribution is 7.98. The summed E-state index contributed by atoms with van der Waals surface area (Å²) in [5.41, 5.74) is 2.55. The fourth-order valence-corrected chi connectivity index (χ4v) is 2.97. The zero-order chi connectivity index (χ0) is 13.7. The highest BCUT2D eigenvalue weighted by atomic mass is 32.2. The predicted molar refractivity (Wildman–Crippen MR) is 81.6 cm³/mol. The molecule has 0 amide bonds. The Bertz CT molecular complexity index is 522. The summed E-state index contributed by atoms with van der Waals surface area (Å²) in [6.07, 6.45) is 4.00. The molecule has 0 bridgehead atoms. The van der Waals surface area contributed by atoms with Gasteiger partial charge < -0.3 is 5.32 Å². The van der Waals surface area contributed by atoms with E-state index in [4.69, 9.17) is 0 Å². The van der Waals surface area contributed by atoms with Gasteiger partial charge in [-0.15, -0.1) is 11.8 Å². The third-order valence-electron chi connectivity index (χ3n) is 3.20. The fraction of sp³-hybridized carbons (Fsp3) is 0.400. The Labute approximate surface area is 119 Å². The summed E-state index contributed by atoms with van der Waals surface area (Å²) in [5.74, 6) is 0. The molecule has 19 heavy (non-hydrogen) atoms. The number of nitrogens with one attached hydrogen (secondary N) is 1. The average Bonchev–Trinajstić information content (AvgIpc) is 2.93. The van der Waals surface area contributed by atoms with E-state index in [9.17, 15) is 0 Å². The normalized spacial score (nSPS) is 12.6. The molecule has 1 atom stereocenters. The van der Waals surface area contributed by atoms with Crippen molar-refractivity contribution in [1.29, 1.82) is 0 Å². The van der Waals surface area contributed by atoms with Crippen LogP contribution in [0.25, 0.3) is 0 Å². The van der Waals surface area contributed by atoms with Crippen molar-refractivity contribution in [2.75, 3.05) is 12.8 Å². The topological polar surface area (TPSA) is 29.9 Å². The Balaban J connectivity index is 2.45. The molecule has 1 aromatic carbocycles. The minimum Gasteiger partial charge on any atom is -0.305 e. The minimum absolute atomic E-state index is 0.205. The lowest BCUT2D eigenvalue weighted by Crippen LogP contribution is -2.25. The summed E-state index contributed by atoms with van der Waals surface area (Å²) >= 11 is 1.79. The Morgan fingerprint density at radius 3 is 2.74 bits per heavy atom. The minimum atomic E-state index is 0.205. The molecule has 1 N–H and O–H groups in total. The molecular weight excluding hydrogens is 254 g/mol. The van der Waals surface area contributed by atoms with Crippen LogP contribution in [0.2, 0.25) is 0 Å². The van der Waals surface area contributed by atoms with Gasteiger partial charge in [0.2, 0.25) is 0 Å². The van der Waals surface area contributed by atoms with Gasteiger partial charge in [0.15, 0.2) is 0 Å². The van der Waals surface area contributed by atoms with Crippen LogP contribution >= 0.6 is 11.8 Å². The van der Waals surface area contributed by atoms with Gasteiger partial charge in [-0.1, -0.05) is 25.1 Å². The van der Waals surface area contributed by atoms with Crippen molar-refractivity contribution in [2.45, 2.75) is 31.3 Å². The molecule has 0 saturated carbocycles. The second-order valence-electron chi connectivity index (χ2n) is 4.30. The van der Waals surface area contributed by atoms with Crippen LogP contribution in [0.5, 0.6) is 0 Å². The molecule has 1 aromatic heterocycles. The van der Waals surface area contributed by atoms with Gasteiger partial charge in [-0.3, -0.25) is 4.68 Å². The Morgan fingerprint density at radius 1 is 1.26 bits per heavy atom. The van der Waals surface area contributed by atoms with Crippen molar-refractivity contribution in [3.63, 3.8) is 0 Å². The van der Waals surface area contributed by atoms with Gasteiger partial charge in [-0.2, -0.15) is 5.10 Å². The van der Waals surface area contributed by atoms with Crippen molar-refractivity contribution >= 4 is 11.8 Å². The van der Waals surface area contributed by atoms with E-state index < -0.39 is 0 Å². The third-order valence-corrected chi connectivity index (χ3v) is 4.01. The highest BCUT2D eigenvalue weighted by Crippen LogP contribution is 2.30. The van der Waals surface area contributed by atoms with Crippen LogP contribution in [-0.4, -0.2) is 22.6 Å². The van der Waals surface area contributed by atoms with E-state index in [-0.39, 0.29) is 6.04 Å². The van der Waals surface area contributed by atoms with Gasteiger partial charge >= 0.3 is 0 Å². The van der Waals surface area contributed by atoms with Crippen LogP contribution in [0.4, 0.5) is 0 Å². The SMILES string of the molecule is CCNC(c1ccccc1SC)c1ccnn1CC. The van der Waals surface area contributed by atoms with Crippen LogP contribution in [-0.2, 0) is 6.54 Å². The molecule has 0 radical (unpaired) electrons. The van der Waals surface area contributed by atoms with E-state index in [1.54, 1.807) is 11.8 Å². The molecule has 102 valence electrons. The number of benzene rings is 1. The Kier molecular flexibility index (Phi) is 5.05. The number of thioether (sulfide) groups is 1. The third kappa shape index (κ3) is 3.01. The van der Waals surface area contributed by atoms with E-state index in [0.29, 0.717) is 0 Å². The van der Waals surface area contributed by atoms with Crippen molar-refractivity contribution in [3.8, 4) is 0 Å². The fourth-order valence-electron chi connectivity index (χ4n) is 2.34. The number of nitrogens with zero attached hydrogens (tertiary/aromatic N) is 2. The molecule has 4 heteroatoms. The Hall–Kier alpha value is -1.26. The van der Waals surface area contributed by atoms with Crippen LogP contribution < -0.4 is 5.32 Å².